The summed E-state index contributed by atoms with van der Waals surface area (Å²) >= 11 is 1.75. The minimum Gasteiger partial charge on any atom is -0.457 e. The van der Waals surface area contributed by atoms with Crippen molar-refractivity contribution in [3.05, 3.63) is 185 Å². The first kappa shape index (κ1) is 26.4. The van der Waals surface area contributed by atoms with E-state index in [2.05, 4.69) is 134 Å². The van der Waals surface area contributed by atoms with Gasteiger partial charge in [-0.1, -0.05) is 110 Å². The van der Waals surface area contributed by atoms with E-state index in [-0.39, 0.29) is 5.37 Å². The summed E-state index contributed by atoms with van der Waals surface area (Å²) in [5.74, 6) is 2.62. The summed E-state index contributed by atoms with van der Waals surface area (Å²) in [4.78, 5) is 0. The van der Waals surface area contributed by atoms with Gasteiger partial charge >= 0.3 is 0 Å². The molecule has 4 aromatic carbocycles. The second-order valence-corrected chi connectivity index (χ2v) is 11.9. The topological polar surface area (TPSA) is 35.2 Å². The van der Waals surface area contributed by atoms with Crippen LogP contribution in [0.5, 0.6) is 11.5 Å². The molecule has 1 heterocycles. The van der Waals surface area contributed by atoms with Gasteiger partial charge in [0.05, 0.1) is 10.8 Å². The molecule has 0 saturated carbocycles. The van der Waals surface area contributed by atoms with Gasteiger partial charge in [-0.15, -0.1) is 17.5 Å². The molecule has 0 amide bonds. The predicted molar refractivity (Wildman–Crippen MR) is 176 cm³/mol. The van der Waals surface area contributed by atoms with Gasteiger partial charge in [-0.2, -0.15) is 0 Å². The number of allylic oxidation sites excluding steroid dienone is 8. The predicted octanol–water partition coefficient (Wildman–Crippen LogP) is 9.73. The van der Waals surface area contributed by atoms with Crippen LogP contribution < -0.4 is 10.5 Å². The SMILES string of the molecule is C=C1/C=C\CC=CC2(C3=C1C=C=C3)c1ccccc1Oc1ccc(-c3ccc(C(N)SCc4ccccc4)cc3)cc12. The van der Waals surface area contributed by atoms with Gasteiger partial charge in [-0.05, 0) is 75.7 Å². The van der Waals surface area contributed by atoms with Crippen molar-refractivity contribution in [1.29, 1.82) is 0 Å². The average molecular weight is 562 g/mol. The maximum absolute atomic E-state index is 6.57. The summed E-state index contributed by atoms with van der Waals surface area (Å²) in [5, 5.41) is -0.0892. The van der Waals surface area contributed by atoms with Crippen LogP contribution in [0, 0.1) is 0 Å². The number of ether oxygens (including phenoxy) is 1. The normalized spacial score (nSPS) is 19.8. The van der Waals surface area contributed by atoms with E-state index in [9.17, 15) is 0 Å². The fourth-order valence-electron chi connectivity index (χ4n) is 6.11. The quantitative estimate of drug-likeness (QED) is 0.150. The van der Waals surface area contributed by atoms with E-state index in [1.807, 2.05) is 12.1 Å². The number of thioether (sulfide) groups is 1. The van der Waals surface area contributed by atoms with Gasteiger partial charge in [-0.3, -0.25) is 0 Å². The molecule has 42 heavy (non-hydrogen) atoms. The van der Waals surface area contributed by atoms with Crippen molar-refractivity contribution < 1.29 is 4.74 Å². The van der Waals surface area contributed by atoms with Crippen LogP contribution >= 0.6 is 11.8 Å². The Kier molecular flexibility index (Phi) is 6.93. The Balaban J connectivity index is 1.29. The molecule has 3 aliphatic rings. The van der Waals surface area contributed by atoms with E-state index >= 15 is 0 Å². The lowest BCUT2D eigenvalue weighted by atomic mass is 9.65. The number of fused-ring (bicyclic) bond motifs is 5. The van der Waals surface area contributed by atoms with Crippen LogP contribution in [0.25, 0.3) is 11.1 Å². The number of benzene rings is 4. The molecule has 0 radical (unpaired) electrons. The zero-order valence-electron chi connectivity index (χ0n) is 23.3. The molecule has 0 fully saturated rings. The summed E-state index contributed by atoms with van der Waals surface area (Å²) in [6.07, 6.45) is 13.9. The molecule has 2 atom stereocenters. The minimum atomic E-state index is -0.541. The molecule has 3 heteroatoms. The lowest BCUT2D eigenvalue weighted by Crippen LogP contribution is -2.31. The molecule has 7 rings (SSSR count). The van der Waals surface area contributed by atoms with Crippen molar-refractivity contribution in [3.8, 4) is 22.6 Å². The van der Waals surface area contributed by atoms with Gasteiger partial charge in [0.15, 0.2) is 0 Å². The smallest absolute Gasteiger partial charge is 0.132 e. The molecular formula is C39H31NOS. The molecule has 2 unspecified atom stereocenters. The highest BCUT2D eigenvalue weighted by atomic mass is 32.2. The van der Waals surface area contributed by atoms with Crippen molar-refractivity contribution >= 4 is 11.8 Å². The summed E-state index contributed by atoms with van der Waals surface area (Å²) < 4.78 is 6.53. The molecule has 2 aliphatic carbocycles. The van der Waals surface area contributed by atoms with Crippen LogP contribution in [0.3, 0.4) is 0 Å². The van der Waals surface area contributed by atoms with E-state index < -0.39 is 5.41 Å². The highest BCUT2D eigenvalue weighted by Crippen LogP contribution is 2.55. The number of hydrogen-bond donors (Lipinski definition) is 1. The first-order chi connectivity index (χ1) is 20.6. The molecule has 2 N–H and O–H groups in total. The van der Waals surface area contributed by atoms with Gasteiger partial charge in [0.1, 0.15) is 11.5 Å². The van der Waals surface area contributed by atoms with Crippen LogP contribution in [0.1, 0.15) is 34.0 Å². The van der Waals surface area contributed by atoms with Crippen molar-refractivity contribution in [2.45, 2.75) is 23.0 Å². The minimum absolute atomic E-state index is 0.0892. The fraction of sp³-hybridized carbons (Fsp3) is 0.103. The van der Waals surface area contributed by atoms with Gasteiger partial charge in [0.25, 0.3) is 0 Å². The monoisotopic (exact) mass is 561 g/mol. The van der Waals surface area contributed by atoms with Crippen LogP contribution in [-0.2, 0) is 11.2 Å². The van der Waals surface area contributed by atoms with Crippen molar-refractivity contribution in [1.82, 2.24) is 0 Å². The van der Waals surface area contributed by atoms with E-state index in [0.717, 1.165) is 62.6 Å². The first-order valence-electron chi connectivity index (χ1n) is 14.3. The summed E-state index contributed by atoms with van der Waals surface area (Å²) in [7, 11) is 0. The third-order valence-electron chi connectivity index (χ3n) is 8.26. The molecule has 2 nitrogen and oxygen atoms in total. The lowest BCUT2D eigenvalue weighted by molar-refractivity contribution is 0.437. The maximum atomic E-state index is 6.57. The van der Waals surface area contributed by atoms with Crippen LogP contribution in [0.4, 0.5) is 0 Å². The first-order valence-corrected chi connectivity index (χ1v) is 15.3. The summed E-state index contributed by atoms with van der Waals surface area (Å²) in [5.41, 5.74) is 19.6. The Morgan fingerprint density at radius 2 is 1.60 bits per heavy atom. The molecular weight excluding hydrogens is 531 g/mol. The third-order valence-corrected chi connectivity index (χ3v) is 9.39. The zero-order valence-corrected chi connectivity index (χ0v) is 24.1. The van der Waals surface area contributed by atoms with Crippen LogP contribution in [0.2, 0.25) is 0 Å². The lowest BCUT2D eigenvalue weighted by Gasteiger charge is -2.40. The molecule has 204 valence electrons. The second kappa shape index (κ2) is 11.0. The Morgan fingerprint density at radius 3 is 2.45 bits per heavy atom. The van der Waals surface area contributed by atoms with Crippen molar-refractivity contribution in [3.63, 3.8) is 0 Å². The average Bonchev–Trinajstić information content (AvgIpc) is 3.55. The Morgan fingerprint density at radius 1 is 0.833 bits per heavy atom. The van der Waals surface area contributed by atoms with E-state index in [4.69, 9.17) is 10.5 Å². The molecule has 1 spiro atoms. The molecule has 0 aromatic heterocycles. The maximum Gasteiger partial charge on any atom is 0.132 e. The van der Waals surface area contributed by atoms with Gasteiger partial charge < -0.3 is 10.5 Å². The number of nitrogens with two attached hydrogens (primary N) is 1. The number of hydrogen-bond acceptors (Lipinski definition) is 3. The molecule has 1 aliphatic heterocycles. The Bertz CT molecular complexity index is 1840. The van der Waals surface area contributed by atoms with Crippen LogP contribution in [0.15, 0.2) is 163 Å². The van der Waals surface area contributed by atoms with E-state index in [1.54, 1.807) is 11.8 Å². The van der Waals surface area contributed by atoms with Crippen molar-refractivity contribution in [2.75, 3.05) is 0 Å². The van der Waals surface area contributed by atoms with Gasteiger partial charge in [-0.25, -0.2) is 0 Å². The molecule has 0 saturated heterocycles. The zero-order chi connectivity index (χ0) is 28.5. The van der Waals surface area contributed by atoms with E-state index in [0.29, 0.717) is 0 Å². The van der Waals surface area contributed by atoms with Crippen LogP contribution in [-0.4, -0.2) is 0 Å². The van der Waals surface area contributed by atoms with Gasteiger partial charge in [0.2, 0.25) is 0 Å². The molecule has 0 bridgehead atoms. The number of rotatable bonds is 5. The fourth-order valence-corrected chi connectivity index (χ4v) is 7.03. The number of para-hydroxylation sites is 1. The largest absolute Gasteiger partial charge is 0.457 e. The Labute approximate surface area is 251 Å². The third kappa shape index (κ3) is 4.62. The summed E-state index contributed by atoms with van der Waals surface area (Å²) in [6.45, 7) is 4.40. The Hall–Kier alpha value is -4.53. The molecule has 4 aromatic rings. The summed E-state index contributed by atoms with van der Waals surface area (Å²) in [6, 6.07) is 34.0. The van der Waals surface area contributed by atoms with E-state index in [1.165, 1.54) is 11.1 Å². The standard InChI is InChI=1S/C39H31NOS/c1-27-11-4-3-9-24-39(33-16-10-14-32(27)33)34-15-7-8-17-36(34)41-37-23-22-31(25-35(37)39)29-18-20-30(21-19-29)38(40)42-26-28-12-5-2-6-13-28/h2,4-9,11-25,38H,1,3,26,40H2/b11-4-,24-9?. The van der Waals surface area contributed by atoms with Crippen molar-refractivity contribution in [2.24, 2.45) is 5.73 Å². The highest BCUT2D eigenvalue weighted by Gasteiger charge is 2.44. The van der Waals surface area contributed by atoms with Gasteiger partial charge in [0, 0.05) is 16.9 Å². The second-order valence-electron chi connectivity index (χ2n) is 10.8. The highest BCUT2D eigenvalue weighted by molar-refractivity contribution is 7.98.